The molecule has 0 aliphatic rings. The third kappa shape index (κ3) is 3.71. The van der Waals surface area contributed by atoms with Crippen molar-refractivity contribution in [3.05, 3.63) is 16.1 Å². The molecule has 0 aromatic carbocycles. The molecule has 4 nitrogen and oxygen atoms in total. The van der Waals surface area contributed by atoms with Crippen molar-refractivity contribution in [1.82, 2.24) is 10.3 Å². The van der Waals surface area contributed by atoms with E-state index < -0.39 is 6.10 Å². The highest BCUT2D eigenvalue weighted by atomic mass is 32.1. The molecule has 1 rings (SSSR count). The van der Waals surface area contributed by atoms with Gasteiger partial charge in [0.15, 0.2) is 0 Å². The maximum Gasteiger partial charge on any atom is 0.0894 e. The number of aliphatic hydroxyl groups excluding tert-OH is 2. The topological polar surface area (TPSA) is 65.4 Å². The van der Waals surface area contributed by atoms with Crippen molar-refractivity contribution >= 4 is 11.3 Å². The molecular formula is C9H16N2O2S. The highest BCUT2D eigenvalue weighted by molar-refractivity contribution is 7.09. The van der Waals surface area contributed by atoms with Crippen LogP contribution in [0.5, 0.6) is 0 Å². The van der Waals surface area contributed by atoms with E-state index in [4.69, 9.17) is 10.2 Å². The van der Waals surface area contributed by atoms with Gasteiger partial charge in [-0.05, 0) is 13.3 Å². The lowest BCUT2D eigenvalue weighted by atomic mass is 10.3. The molecule has 0 aliphatic carbocycles. The van der Waals surface area contributed by atoms with E-state index in [-0.39, 0.29) is 6.61 Å². The van der Waals surface area contributed by atoms with E-state index in [9.17, 15) is 0 Å². The molecule has 80 valence electrons. The van der Waals surface area contributed by atoms with E-state index in [1.807, 2.05) is 12.4 Å². The summed E-state index contributed by atoms with van der Waals surface area (Å²) in [6, 6.07) is 0. The first kappa shape index (κ1) is 11.6. The zero-order chi connectivity index (χ0) is 10.4. The molecule has 14 heavy (non-hydrogen) atoms. The number of nitrogens with zero attached hydrogens (tertiary/aromatic N) is 1. The molecule has 1 aromatic heterocycles. The zero-order valence-corrected chi connectivity index (χ0v) is 9.05. The Kier molecular flexibility index (Phi) is 5.03. The summed E-state index contributed by atoms with van der Waals surface area (Å²) in [4.78, 5) is 5.42. The van der Waals surface area contributed by atoms with Gasteiger partial charge in [0.25, 0.3) is 0 Å². The van der Waals surface area contributed by atoms with Gasteiger partial charge in [-0.1, -0.05) is 0 Å². The number of nitrogens with one attached hydrogen (secondary N) is 1. The minimum absolute atomic E-state index is 0.188. The predicted molar refractivity (Wildman–Crippen MR) is 56.5 cm³/mol. The van der Waals surface area contributed by atoms with E-state index >= 15 is 0 Å². The number of aryl methyl sites for hydroxylation is 1. The van der Waals surface area contributed by atoms with Gasteiger partial charge in [0.05, 0.1) is 23.9 Å². The van der Waals surface area contributed by atoms with Crippen molar-refractivity contribution in [2.24, 2.45) is 0 Å². The summed E-state index contributed by atoms with van der Waals surface area (Å²) in [7, 11) is 0. The van der Waals surface area contributed by atoms with Crippen LogP contribution in [0, 0.1) is 6.92 Å². The third-order valence-corrected chi connectivity index (χ3v) is 2.96. The summed E-state index contributed by atoms with van der Waals surface area (Å²) in [5, 5.41) is 20.7. The molecule has 0 aliphatic heterocycles. The van der Waals surface area contributed by atoms with Crippen LogP contribution < -0.4 is 5.32 Å². The summed E-state index contributed by atoms with van der Waals surface area (Å²) < 4.78 is 0. The van der Waals surface area contributed by atoms with Crippen molar-refractivity contribution in [2.45, 2.75) is 19.4 Å². The lowest BCUT2D eigenvalue weighted by Crippen LogP contribution is -2.30. The standard InChI is InChI=1S/C9H16N2O2S/c1-7-9(14-6-11-7)2-3-10-4-8(13)5-12/h6,8,10,12-13H,2-5H2,1H3. The maximum atomic E-state index is 9.05. The Morgan fingerprint density at radius 2 is 2.43 bits per heavy atom. The van der Waals surface area contributed by atoms with Gasteiger partial charge in [0, 0.05) is 18.0 Å². The number of thiazole rings is 1. The van der Waals surface area contributed by atoms with Gasteiger partial charge in [-0.25, -0.2) is 4.98 Å². The van der Waals surface area contributed by atoms with Crippen molar-refractivity contribution < 1.29 is 10.2 Å². The smallest absolute Gasteiger partial charge is 0.0894 e. The molecule has 5 heteroatoms. The van der Waals surface area contributed by atoms with Crippen molar-refractivity contribution in [2.75, 3.05) is 19.7 Å². The summed E-state index contributed by atoms with van der Waals surface area (Å²) in [6.45, 7) is 3.05. The van der Waals surface area contributed by atoms with Crippen LogP contribution in [-0.4, -0.2) is 41.0 Å². The average molecular weight is 216 g/mol. The van der Waals surface area contributed by atoms with Gasteiger partial charge < -0.3 is 15.5 Å². The normalized spacial score (nSPS) is 13.1. The SMILES string of the molecule is Cc1ncsc1CCNCC(O)CO. The first-order valence-corrected chi connectivity index (χ1v) is 5.50. The lowest BCUT2D eigenvalue weighted by molar-refractivity contribution is 0.0947. The quantitative estimate of drug-likeness (QED) is 0.583. The van der Waals surface area contributed by atoms with Crippen molar-refractivity contribution in [3.8, 4) is 0 Å². The Hall–Kier alpha value is -0.490. The van der Waals surface area contributed by atoms with Crippen LogP contribution in [0.1, 0.15) is 10.6 Å². The zero-order valence-electron chi connectivity index (χ0n) is 8.23. The van der Waals surface area contributed by atoms with E-state index in [1.165, 1.54) is 4.88 Å². The van der Waals surface area contributed by atoms with Crippen LogP contribution in [0.3, 0.4) is 0 Å². The molecule has 1 heterocycles. The maximum absolute atomic E-state index is 9.05. The summed E-state index contributed by atoms with van der Waals surface area (Å²) in [5.74, 6) is 0. The molecule has 0 saturated heterocycles. The van der Waals surface area contributed by atoms with Gasteiger partial charge >= 0.3 is 0 Å². The molecule has 3 N–H and O–H groups in total. The van der Waals surface area contributed by atoms with Crippen molar-refractivity contribution in [1.29, 1.82) is 0 Å². The Labute approximate surface area is 87.6 Å². The van der Waals surface area contributed by atoms with Crippen LogP contribution in [0.4, 0.5) is 0 Å². The highest BCUT2D eigenvalue weighted by Crippen LogP contribution is 2.11. The van der Waals surface area contributed by atoms with E-state index in [2.05, 4.69) is 10.3 Å². The van der Waals surface area contributed by atoms with Crippen LogP contribution in [0.2, 0.25) is 0 Å². The fourth-order valence-corrected chi connectivity index (χ4v) is 1.88. The minimum atomic E-state index is -0.655. The van der Waals surface area contributed by atoms with Crippen LogP contribution in [0.25, 0.3) is 0 Å². The van der Waals surface area contributed by atoms with E-state index in [0.29, 0.717) is 6.54 Å². The number of aliphatic hydroxyl groups is 2. The second kappa shape index (κ2) is 6.08. The summed E-state index contributed by atoms with van der Waals surface area (Å²) >= 11 is 1.65. The molecule has 1 aromatic rings. The van der Waals surface area contributed by atoms with Gasteiger partial charge in [-0.15, -0.1) is 11.3 Å². The third-order valence-electron chi connectivity index (χ3n) is 1.96. The fourth-order valence-electron chi connectivity index (χ4n) is 1.10. The Bertz CT molecular complexity index is 265. The lowest BCUT2D eigenvalue weighted by Gasteiger charge is -2.07. The molecule has 0 bridgehead atoms. The van der Waals surface area contributed by atoms with Crippen LogP contribution in [0.15, 0.2) is 5.51 Å². The minimum Gasteiger partial charge on any atom is -0.394 e. The monoisotopic (exact) mass is 216 g/mol. The first-order valence-electron chi connectivity index (χ1n) is 4.62. The Balaban J connectivity index is 2.13. The fraction of sp³-hybridized carbons (Fsp3) is 0.667. The Morgan fingerprint density at radius 1 is 1.64 bits per heavy atom. The van der Waals surface area contributed by atoms with Gasteiger partial charge in [0.1, 0.15) is 0 Å². The number of aromatic nitrogens is 1. The van der Waals surface area contributed by atoms with Crippen LogP contribution in [-0.2, 0) is 6.42 Å². The molecule has 1 unspecified atom stereocenters. The number of hydrogen-bond acceptors (Lipinski definition) is 5. The second-order valence-electron chi connectivity index (χ2n) is 3.15. The Morgan fingerprint density at radius 3 is 3.00 bits per heavy atom. The van der Waals surface area contributed by atoms with Gasteiger partial charge in [0.2, 0.25) is 0 Å². The number of hydrogen-bond donors (Lipinski definition) is 3. The molecular weight excluding hydrogens is 200 g/mol. The predicted octanol–water partition coefficient (Wildman–Crippen LogP) is -0.0632. The molecule has 0 saturated carbocycles. The first-order chi connectivity index (χ1) is 6.74. The summed E-state index contributed by atoms with van der Waals surface area (Å²) in [6.07, 6.45) is 0.270. The molecule has 0 radical (unpaired) electrons. The van der Waals surface area contributed by atoms with E-state index in [0.717, 1.165) is 18.7 Å². The largest absolute Gasteiger partial charge is 0.394 e. The highest BCUT2D eigenvalue weighted by Gasteiger charge is 2.02. The average Bonchev–Trinajstić information content (AvgIpc) is 2.58. The molecule has 0 spiro atoms. The second-order valence-corrected chi connectivity index (χ2v) is 4.09. The van der Waals surface area contributed by atoms with Crippen LogP contribution >= 0.6 is 11.3 Å². The molecule has 0 amide bonds. The van der Waals surface area contributed by atoms with E-state index in [1.54, 1.807) is 11.3 Å². The van der Waals surface area contributed by atoms with Gasteiger partial charge in [-0.2, -0.15) is 0 Å². The number of rotatable bonds is 6. The molecule has 1 atom stereocenters. The van der Waals surface area contributed by atoms with Gasteiger partial charge in [-0.3, -0.25) is 0 Å². The summed E-state index contributed by atoms with van der Waals surface area (Å²) in [5.41, 5.74) is 2.92. The van der Waals surface area contributed by atoms with Crippen molar-refractivity contribution in [3.63, 3.8) is 0 Å². The molecule has 0 fully saturated rings.